The number of thiazole rings is 1. The Hall–Kier alpha value is -1.28. The lowest BCUT2D eigenvalue weighted by molar-refractivity contribution is -0.133. The molecule has 2 amide bonds. The second-order valence-electron chi connectivity index (χ2n) is 7.36. The van der Waals surface area contributed by atoms with Gasteiger partial charge in [-0.15, -0.1) is 11.8 Å². The maximum Gasteiger partial charge on any atom is 0.324 e. The van der Waals surface area contributed by atoms with E-state index in [4.69, 9.17) is 5.11 Å². The first-order chi connectivity index (χ1) is 12.5. The van der Waals surface area contributed by atoms with Gasteiger partial charge in [-0.3, -0.25) is 10.1 Å². The van der Waals surface area contributed by atoms with E-state index in [1.54, 1.807) is 6.20 Å². The molecule has 3 rings (SSSR count). The molecule has 1 aromatic rings. The van der Waals surface area contributed by atoms with Crippen molar-refractivity contribution in [2.24, 2.45) is 5.92 Å². The molecule has 2 aliphatic carbocycles. The number of anilines is 1. The summed E-state index contributed by atoms with van der Waals surface area (Å²) in [6, 6.07) is 0.630. The van der Waals surface area contributed by atoms with Crippen molar-refractivity contribution in [3.8, 4) is 0 Å². The first-order valence-electron chi connectivity index (χ1n) is 9.42. The predicted octanol–water partition coefficient (Wildman–Crippen LogP) is 4.68. The van der Waals surface area contributed by atoms with E-state index >= 15 is 0 Å². The van der Waals surface area contributed by atoms with Crippen molar-refractivity contribution in [1.29, 1.82) is 0 Å². The summed E-state index contributed by atoms with van der Waals surface area (Å²) in [6.45, 7) is 2.29. The van der Waals surface area contributed by atoms with Gasteiger partial charge < -0.3 is 10.0 Å². The molecule has 0 aliphatic heterocycles. The average Bonchev–Trinajstić information content (AvgIpc) is 3.27. The first kappa shape index (κ1) is 19.5. The minimum absolute atomic E-state index is 0.00401. The molecule has 0 atom stereocenters. The number of aromatic nitrogens is 1. The van der Waals surface area contributed by atoms with Crippen LogP contribution in [-0.2, 0) is 4.79 Å². The number of aliphatic carboxylic acids is 1. The third-order valence-electron chi connectivity index (χ3n) is 5.37. The monoisotopic (exact) mass is 397 g/mol. The summed E-state index contributed by atoms with van der Waals surface area (Å²) in [6.07, 6.45) is 10.8. The molecule has 1 heterocycles. The number of nitrogens with one attached hydrogen (secondary N) is 1. The molecule has 6 nitrogen and oxygen atoms in total. The zero-order chi connectivity index (χ0) is 18.5. The van der Waals surface area contributed by atoms with Crippen molar-refractivity contribution in [2.75, 3.05) is 11.1 Å². The second-order valence-corrected chi connectivity index (χ2v) is 9.66. The van der Waals surface area contributed by atoms with Crippen molar-refractivity contribution in [1.82, 2.24) is 9.88 Å². The van der Waals surface area contributed by atoms with Gasteiger partial charge in [-0.05, 0) is 44.4 Å². The maximum atomic E-state index is 13.0. The Kier molecular flexibility index (Phi) is 6.80. The highest BCUT2D eigenvalue weighted by Gasteiger charge is 2.34. The van der Waals surface area contributed by atoms with Gasteiger partial charge in [0.05, 0.1) is 16.2 Å². The number of carbonyl (C=O) groups is 2. The molecule has 2 aliphatic rings. The third-order valence-corrected chi connectivity index (χ3v) is 7.46. The van der Waals surface area contributed by atoms with Gasteiger partial charge in [0.15, 0.2) is 5.13 Å². The van der Waals surface area contributed by atoms with Crippen molar-refractivity contribution in [2.45, 2.75) is 74.6 Å². The van der Waals surface area contributed by atoms with E-state index < -0.39 is 5.97 Å². The van der Waals surface area contributed by atoms with Crippen LogP contribution in [-0.4, -0.2) is 44.8 Å². The van der Waals surface area contributed by atoms with Crippen LogP contribution in [0.15, 0.2) is 10.4 Å². The lowest BCUT2D eigenvalue weighted by Crippen LogP contribution is -2.49. The summed E-state index contributed by atoms with van der Waals surface area (Å²) in [5.74, 6) is -0.0928. The fraction of sp³-hybridized carbons (Fsp3) is 0.722. The Balaban J connectivity index is 1.64. The van der Waals surface area contributed by atoms with E-state index in [-0.39, 0.29) is 11.8 Å². The SMILES string of the molecule is C[C@H]1CC[C@H](N(C(=O)Nc2ncc(SCC(=O)O)s2)C2CCCC2)CC1. The minimum atomic E-state index is -0.854. The highest BCUT2D eigenvalue weighted by molar-refractivity contribution is 8.01. The smallest absolute Gasteiger partial charge is 0.324 e. The number of carboxylic acids is 1. The van der Waals surface area contributed by atoms with E-state index in [0.717, 1.165) is 35.8 Å². The molecule has 2 fully saturated rings. The van der Waals surface area contributed by atoms with Gasteiger partial charge in [-0.1, -0.05) is 31.1 Å². The van der Waals surface area contributed by atoms with Crippen LogP contribution >= 0.6 is 23.1 Å². The highest BCUT2D eigenvalue weighted by atomic mass is 32.2. The van der Waals surface area contributed by atoms with Crippen LogP contribution in [0.25, 0.3) is 0 Å². The maximum absolute atomic E-state index is 13.0. The van der Waals surface area contributed by atoms with Crippen molar-refractivity contribution < 1.29 is 14.7 Å². The van der Waals surface area contributed by atoms with Gasteiger partial charge in [0.25, 0.3) is 0 Å². The van der Waals surface area contributed by atoms with E-state index in [2.05, 4.69) is 22.1 Å². The zero-order valence-electron chi connectivity index (χ0n) is 15.1. The Morgan fingerprint density at radius 2 is 1.88 bits per heavy atom. The van der Waals surface area contributed by atoms with Crippen LogP contribution in [0, 0.1) is 5.92 Å². The van der Waals surface area contributed by atoms with Crippen LogP contribution < -0.4 is 5.32 Å². The Labute approximate surface area is 162 Å². The number of nitrogens with zero attached hydrogens (tertiary/aromatic N) is 2. The number of carbonyl (C=O) groups excluding carboxylic acids is 1. The first-order valence-corrected chi connectivity index (χ1v) is 11.2. The molecular weight excluding hydrogens is 370 g/mol. The van der Waals surface area contributed by atoms with E-state index in [9.17, 15) is 9.59 Å². The standard InChI is InChI=1S/C18H27N3O3S2/c1-12-6-8-14(9-7-12)21(13-4-2-3-5-13)18(24)20-17-19-10-16(26-17)25-11-15(22)23/h10,12-14H,2-9,11H2,1H3,(H,22,23)(H,19,20,24)/t12-,14-. The van der Waals surface area contributed by atoms with Gasteiger partial charge in [-0.2, -0.15) is 0 Å². The number of urea groups is 1. The van der Waals surface area contributed by atoms with Crippen LogP contribution in [0.3, 0.4) is 0 Å². The number of rotatable bonds is 6. The van der Waals surface area contributed by atoms with Gasteiger partial charge in [0.1, 0.15) is 0 Å². The van der Waals surface area contributed by atoms with Crippen LogP contribution in [0.5, 0.6) is 0 Å². The molecule has 0 spiro atoms. The number of hydrogen-bond donors (Lipinski definition) is 2. The fourth-order valence-electron chi connectivity index (χ4n) is 4.01. The molecule has 8 heteroatoms. The van der Waals surface area contributed by atoms with Crippen molar-refractivity contribution in [3.63, 3.8) is 0 Å². The number of amides is 2. The topological polar surface area (TPSA) is 82.5 Å². The Bertz CT molecular complexity index is 623. The van der Waals surface area contributed by atoms with Crippen LogP contribution in [0.2, 0.25) is 0 Å². The van der Waals surface area contributed by atoms with Crippen LogP contribution in [0.4, 0.5) is 9.93 Å². The summed E-state index contributed by atoms with van der Waals surface area (Å²) < 4.78 is 0.807. The molecule has 2 N–H and O–H groups in total. The molecule has 0 radical (unpaired) electrons. The minimum Gasteiger partial charge on any atom is -0.481 e. The molecule has 0 saturated heterocycles. The van der Waals surface area contributed by atoms with E-state index in [1.807, 2.05) is 0 Å². The lowest BCUT2D eigenvalue weighted by atomic mass is 9.86. The zero-order valence-corrected chi connectivity index (χ0v) is 16.8. The summed E-state index contributed by atoms with van der Waals surface area (Å²) in [7, 11) is 0. The molecule has 2 saturated carbocycles. The van der Waals surface area contributed by atoms with Crippen molar-refractivity contribution in [3.05, 3.63) is 6.20 Å². The van der Waals surface area contributed by atoms with Gasteiger partial charge in [0.2, 0.25) is 0 Å². The quantitative estimate of drug-likeness (QED) is 0.681. The van der Waals surface area contributed by atoms with Gasteiger partial charge in [-0.25, -0.2) is 9.78 Å². The van der Waals surface area contributed by atoms with Crippen molar-refractivity contribution >= 4 is 40.2 Å². The number of carboxylic acid groups (broad SMARTS) is 1. The predicted molar refractivity (Wildman–Crippen MR) is 105 cm³/mol. The molecule has 0 unspecified atom stereocenters. The van der Waals surface area contributed by atoms with E-state index in [0.29, 0.717) is 17.2 Å². The lowest BCUT2D eigenvalue weighted by Gasteiger charge is -2.39. The number of thioether (sulfide) groups is 1. The Morgan fingerprint density at radius 1 is 1.23 bits per heavy atom. The number of hydrogen-bond acceptors (Lipinski definition) is 5. The molecule has 0 bridgehead atoms. The summed E-state index contributed by atoms with van der Waals surface area (Å²) in [5, 5.41) is 12.3. The molecular formula is C18H27N3O3S2. The van der Waals surface area contributed by atoms with Gasteiger partial charge >= 0.3 is 12.0 Å². The van der Waals surface area contributed by atoms with Crippen LogP contribution in [0.1, 0.15) is 58.3 Å². The molecule has 144 valence electrons. The normalized spacial score (nSPS) is 23.7. The average molecular weight is 398 g/mol. The summed E-state index contributed by atoms with van der Waals surface area (Å²) in [4.78, 5) is 30.1. The summed E-state index contributed by atoms with van der Waals surface area (Å²) in [5.41, 5.74) is 0. The molecule has 0 aromatic carbocycles. The van der Waals surface area contributed by atoms with Gasteiger partial charge in [0, 0.05) is 12.1 Å². The third kappa shape index (κ3) is 5.13. The second kappa shape index (κ2) is 9.08. The molecule has 26 heavy (non-hydrogen) atoms. The Morgan fingerprint density at radius 3 is 2.54 bits per heavy atom. The highest BCUT2D eigenvalue weighted by Crippen LogP contribution is 2.34. The molecule has 1 aromatic heterocycles. The largest absolute Gasteiger partial charge is 0.481 e. The van der Waals surface area contributed by atoms with E-state index in [1.165, 1.54) is 48.8 Å². The summed E-state index contributed by atoms with van der Waals surface area (Å²) >= 11 is 2.57. The fourth-order valence-corrected chi connectivity index (χ4v) is 5.59.